The van der Waals surface area contributed by atoms with Gasteiger partial charge in [-0.1, -0.05) is 30.3 Å². The van der Waals surface area contributed by atoms with E-state index in [0.717, 1.165) is 11.4 Å². The second kappa shape index (κ2) is 9.70. The highest BCUT2D eigenvalue weighted by molar-refractivity contribution is 5.91. The van der Waals surface area contributed by atoms with Crippen molar-refractivity contribution in [1.29, 1.82) is 0 Å². The van der Waals surface area contributed by atoms with Crippen molar-refractivity contribution >= 4 is 17.3 Å². The summed E-state index contributed by atoms with van der Waals surface area (Å²) in [5, 5.41) is 6.23. The van der Waals surface area contributed by atoms with Gasteiger partial charge >= 0.3 is 0 Å². The second-order valence-electron chi connectivity index (χ2n) is 5.45. The average molecular weight is 328 g/mol. The molecular formula is C19H24N2O3. The van der Waals surface area contributed by atoms with Gasteiger partial charge < -0.3 is 20.1 Å². The van der Waals surface area contributed by atoms with Gasteiger partial charge in [-0.3, -0.25) is 4.79 Å². The lowest BCUT2D eigenvalue weighted by molar-refractivity contribution is -0.121. The number of carbonyl (C=O) groups excluding carboxylic acids is 1. The van der Waals surface area contributed by atoms with Crippen LogP contribution in [0.5, 0.6) is 0 Å². The Morgan fingerprint density at radius 3 is 2.33 bits per heavy atom. The van der Waals surface area contributed by atoms with E-state index in [-0.39, 0.29) is 18.6 Å². The smallest absolute Gasteiger partial charge is 0.250 e. The molecule has 5 heteroatoms. The zero-order chi connectivity index (χ0) is 17.2. The average Bonchev–Trinajstić information content (AvgIpc) is 2.61. The Balaban J connectivity index is 1.81. The Kier molecular flexibility index (Phi) is 7.26. The van der Waals surface area contributed by atoms with E-state index >= 15 is 0 Å². The minimum absolute atomic E-state index is 0.0222. The minimum atomic E-state index is -0.176. The lowest BCUT2D eigenvalue weighted by Gasteiger charge is -2.16. The van der Waals surface area contributed by atoms with Crippen LogP contribution in [0.2, 0.25) is 0 Å². The molecule has 2 N–H and O–H groups in total. The van der Waals surface area contributed by atoms with Crippen molar-refractivity contribution in [2.24, 2.45) is 0 Å². The Morgan fingerprint density at radius 1 is 1.00 bits per heavy atom. The van der Waals surface area contributed by atoms with E-state index in [1.54, 1.807) is 7.11 Å². The summed E-state index contributed by atoms with van der Waals surface area (Å²) < 4.78 is 10.0. The quantitative estimate of drug-likeness (QED) is 0.692. The molecule has 5 nitrogen and oxygen atoms in total. The number of ether oxygens (including phenoxy) is 2. The molecule has 0 spiro atoms. The molecule has 0 aromatic heterocycles. The number of hydrogen-bond donors (Lipinski definition) is 2. The monoisotopic (exact) mass is 328 g/mol. The summed E-state index contributed by atoms with van der Waals surface area (Å²) in [7, 11) is 1.59. The van der Waals surface area contributed by atoms with Crippen molar-refractivity contribution < 1.29 is 14.3 Å². The molecule has 0 saturated heterocycles. The summed E-state index contributed by atoms with van der Waals surface area (Å²) in [5.41, 5.74) is 2.97. The van der Waals surface area contributed by atoms with Gasteiger partial charge in [-0.15, -0.1) is 0 Å². The van der Waals surface area contributed by atoms with Gasteiger partial charge in [-0.2, -0.15) is 0 Å². The Labute approximate surface area is 143 Å². The summed E-state index contributed by atoms with van der Waals surface area (Å²) in [5.74, 6) is -0.176. The summed E-state index contributed by atoms with van der Waals surface area (Å²) in [6.45, 7) is 3.02. The number of rotatable bonds is 9. The van der Waals surface area contributed by atoms with E-state index in [0.29, 0.717) is 13.2 Å². The zero-order valence-electron chi connectivity index (χ0n) is 14.1. The molecule has 1 amide bonds. The van der Waals surface area contributed by atoms with Crippen LogP contribution in [0, 0.1) is 0 Å². The maximum atomic E-state index is 11.7. The molecule has 24 heavy (non-hydrogen) atoms. The van der Waals surface area contributed by atoms with Crippen molar-refractivity contribution in [3.05, 3.63) is 60.2 Å². The highest BCUT2D eigenvalue weighted by atomic mass is 16.5. The standard InChI is InChI=1S/C19H24N2O3/c1-15(16-6-4-3-5-7-16)20-17-8-10-18(11-9-17)21-19(22)14-24-13-12-23-2/h3-11,15,20H,12-14H2,1-2H3,(H,21,22). The van der Waals surface area contributed by atoms with Gasteiger partial charge in [0.05, 0.1) is 13.2 Å². The molecule has 0 radical (unpaired) electrons. The van der Waals surface area contributed by atoms with Crippen molar-refractivity contribution in [2.75, 3.05) is 37.6 Å². The van der Waals surface area contributed by atoms with E-state index in [1.165, 1.54) is 5.56 Å². The molecule has 1 atom stereocenters. The summed E-state index contributed by atoms with van der Waals surface area (Å²) in [6, 6.07) is 18.1. The summed E-state index contributed by atoms with van der Waals surface area (Å²) in [4.78, 5) is 11.7. The van der Waals surface area contributed by atoms with Gasteiger partial charge in [0.25, 0.3) is 0 Å². The van der Waals surface area contributed by atoms with Gasteiger partial charge in [-0.25, -0.2) is 0 Å². The SMILES string of the molecule is COCCOCC(=O)Nc1ccc(NC(C)c2ccccc2)cc1. The molecule has 0 heterocycles. The number of anilines is 2. The Morgan fingerprint density at radius 2 is 1.67 bits per heavy atom. The van der Waals surface area contributed by atoms with Crippen LogP contribution in [-0.4, -0.2) is 32.8 Å². The van der Waals surface area contributed by atoms with Crippen LogP contribution in [0.15, 0.2) is 54.6 Å². The fraction of sp³-hybridized carbons (Fsp3) is 0.316. The molecule has 128 valence electrons. The number of hydrogen-bond acceptors (Lipinski definition) is 4. The molecular weight excluding hydrogens is 304 g/mol. The van der Waals surface area contributed by atoms with Crippen LogP contribution >= 0.6 is 0 Å². The first-order valence-electron chi connectivity index (χ1n) is 7.97. The molecule has 0 aliphatic rings. The Hall–Kier alpha value is -2.37. The van der Waals surface area contributed by atoms with E-state index in [2.05, 4.69) is 29.7 Å². The van der Waals surface area contributed by atoms with Crippen molar-refractivity contribution in [3.63, 3.8) is 0 Å². The van der Waals surface area contributed by atoms with Gasteiger partial charge in [0.2, 0.25) is 5.91 Å². The lowest BCUT2D eigenvalue weighted by Crippen LogP contribution is -2.19. The topological polar surface area (TPSA) is 59.6 Å². The number of methoxy groups -OCH3 is 1. The first kappa shape index (κ1) is 18.0. The highest BCUT2D eigenvalue weighted by Gasteiger charge is 2.05. The van der Waals surface area contributed by atoms with Crippen LogP contribution < -0.4 is 10.6 Å². The van der Waals surface area contributed by atoms with Crippen LogP contribution in [0.4, 0.5) is 11.4 Å². The molecule has 2 aromatic carbocycles. The van der Waals surface area contributed by atoms with E-state index in [4.69, 9.17) is 9.47 Å². The number of benzene rings is 2. The van der Waals surface area contributed by atoms with E-state index in [9.17, 15) is 4.79 Å². The van der Waals surface area contributed by atoms with Crippen LogP contribution in [0.25, 0.3) is 0 Å². The third-order valence-corrected chi connectivity index (χ3v) is 3.52. The molecule has 0 saturated carbocycles. The highest BCUT2D eigenvalue weighted by Crippen LogP contribution is 2.20. The molecule has 0 bridgehead atoms. The van der Waals surface area contributed by atoms with Gasteiger partial charge in [0.1, 0.15) is 6.61 Å². The maximum Gasteiger partial charge on any atom is 0.250 e. The molecule has 0 aliphatic heterocycles. The van der Waals surface area contributed by atoms with E-state index < -0.39 is 0 Å². The molecule has 2 aromatic rings. The maximum absolute atomic E-state index is 11.7. The fourth-order valence-electron chi connectivity index (χ4n) is 2.23. The number of nitrogens with one attached hydrogen (secondary N) is 2. The zero-order valence-corrected chi connectivity index (χ0v) is 14.1. The van der Waals surface area contributed by atoms with E-state index in [1.807, 2.05) is 42.5 Å². The normalized spacial score (nSPS) is 11.8. The first-order chi connectivity index (χ1) is 11.7. The van der Waals surface area contributed by atoms with Crippen molar-refractivity contribution in [3.8, 4) is 0 Å². The fourth-order valence-corrected chi connectivity index (χ4v) is 2.23. The molecule has 0 fully saturated rings. The van der Waals surface area contributed by atoms with Crippen LogP contribution in [-0.2, 0) is 14.3 Å². The number of amides is 1. The Bertz CT molecular complexity index is 614. The third-order valence-electron chi connectivity index (χ3n) is 3.52. The minimum Gasteiger partial charge on any atom is -0.382 e. The third kappa shape index (κ3) is 6.02. The van der Waals surface area contributed by atoms with Crippen molar-refractivity contribution in [1.82, 2.24) is 0 Å². The van der Waals surface area contributed by atoms with Gasteiger partial charge in [-0.05, 0) is 36.8 Å². The van der Waals surface area contributed by atoms with Gasteiger partial charge in [0.15, 0.2) is 0 Å². The van der Waals surface area contributed by atoms with Crippen molar-refractivity contribution in [2.45, 2.75) is 13.0 Å². The molecule has 0 aliphatic carbocycles. The predicted molar refractivity (Wildman–Crippen MR) is 96.2 cm³/mol. The lowest BCUT2D eigenvalue weighted by atomic mass is 10.1. The van der Waals surface area contributed by atoms with Crippen LogP contribution in [0.3, 0.4) is 0 Å². The molecule has 1 unspecified atom stereocenters. The summed E-state index contributed by atoms with van der Waals surface area (Å²) >= 11 is 0. The van der Waals surface area contributed by atoms with Gasteiger partial charge in [0, 0.05) is 24.5 Å². The second-order valence-corrected chi connectivity index (χ2v) is 5.45. The predicted octanol–water partition coefficient (Wildman–Crippen LogP) is 3.46. The molecule has 2 rings (SSSR count). The van der Waals surface area contributed by atoms with Crippen LogP contribution in [0.1, 0.15) is 18.5 Å². The largest absolute Gasteiger partial charge is 0.382 e. The number of carbonyl (C=O) groups is 1. The summed E-state index contributed by atoms with van der Waals surface area (Å²) in [6.07, 6.45) is 0. The first-order valence-corrected chi connectivity index (χ1v) is 7.97.